The molecule has 0 bridgehead atoms. The fraction of sp³-hybridized carbons (Fsp3) is 0.412. The highest BCUT2D eigenvalue weighted by atomic mass is 32.1. The maximum absolute atomic E-state index is 6.01. The molecule has 7 nitrogen and oxygen atoms in total. The lowest BCUT2D eigenvalue weighted by atomic mass is 9.92. The van der Waals surface area contributed by atoms with Gasteiger partial charge < -0.3 is 16.4 Å². The van der Waals surface area contributed by atoms with Gasteiger partial charge in [-0.1, -0.05) is 0 Å². The van der Waals surface area contributed by atoms with E-state index in [0.29, 0.717) is 18.0 Å². The summed E-state index contributed by atoms with van der Waals surface area (Å²) in [4.78, 5) is 13.7. The molecule has 0 saturated heterocycles. The number of nitrogens with one attached hydrogen (secondary N) is 2. The zero-order valence-electron chi connectivity index (χ0n) is 14.1. The zero-order valence-corrected chi connectivity index (χ0v) is 14.9. The fourth-order valence-electron chi connectivity index (χ4n) is 3.11. The molecule has 1 aliphatic rings. The van der Waals surface area contributed by atoms with Crippen molar-refractivity contribution in [3.8, 4) is 0 Å². The maximum Gasteiger partial charge on any atom is 0.230 e. The maximum atomic E-state index is 6.01. The van der Waals surface area contributed by atoms with E-state index < -0.39 is 0 Å². The van der Waals surface area contributed by atoms with Crippen molar-refractivity contribution in [3.63, 3.8) is 0 Å². The van der Waals surface area contributed by atoms with Crippen LogP contribution in [0.25, 0.3) is 11.0 Å². The molecule has 0 aromatic carbocycles. The lowest BCUT2D eigenvalue weighted by molar-refractivity contribution is 0.410. The lowest BCUT2D eigenvalue weighted by Crippen LogP contribution is -2.33. The van der Waals surface area contributed by atoms with Gasteiger partial charge in [-0.2, -0.15) is 9.36 Å². The Morgan fingerprint density at radius 3 is 2.80 bits per heavy atom. The highest BCUT2D eigenvalue weighted by Gasteiger charge is 2.20. The average molecular weight is 355 g/mol. The van der Waals surface area contributed by atoms with E-state index in [4.69, 9.17) is 5.73 Å². The normalized spacial score (nSPS) is 20.6. The second-order valence-corrected chi connectivity index (χ2v) is 7.29. The van der Waals surface area contributed by atoms with Crippen molar-refractivity contribution < 1.29 is 0 Å². The minimum atomic E-state index is 0.324. The molecule has 3 aromatic rings. The van der Waals surface area contributed by atoms with Crippen LogP contribution >= 0.6 is 11.5 Å². The van der Waals surface area contributed by atoms with E-state index in [9.17, 15) is 0 Å². The first-order valence-corrected chi connectivity index (χ1v) is 9.30. The van der Waals surface area contributed by atoms with Gasteiger partial charge >= 0.3 is 0 Å². The van der Waals surface area contributed by atoms with Crippen LogP contribution < -0.4 is 16.4 Å². The van der Waals surface area contributed by atoms with Gasteiger partial charge in [0.2, 0.25) is 5.95 Å². The van der Waals surface area contributed by atoms with Crippen LogP contribution in [0.2, 0.25) is 0 Å². The highest BCUT2D eigenvalue weighted by Crippen LogP contribution is 2.27. The summed E-state index contributed by atoms with van der Waals surface area (Å²) in [7, 11) is 0. The first kappa shape index (κ1) is 16.2. The number of nitrogens with zero attached hydrogens (tertiary/aromatic N) is 4. The lowest BCUT2D eigenvalue weighted by Gasteiger charge is -2.27. The summed E-state index contributed by atoms with van der Waals surface area (Å²) in [5.74, 6) is 1.33. The first-order chi connectivity index (χ1) is 12.2. The number of aromatic nitrogens is 4. The predicted molar refractivity (Wildman–Crippen MR) is 101 cm³/mol. The highest BCUT2D eigenvalue weighted by molar-refractivity contribution is 7.10. The van der Waals surface area contributed by atoms with E-state index in [-0.39, 0.29) is 0 Å². The van der Waals surface area contributed by atoms with Gasteiger partial charge in [0.25, 0.3) is 0 Å². The monoisotopic (exact) mass is 355 g/mol. The number of anilines is 3. The molecule has 0 unspecified atom stereocenters. The minimum Gasteiger partial charge on any atom is -0.365 e. The molecule has 130 valence electrons. The Morgan fingerprint density at radius 1 is 1.20 bits per heavy atom. The molecule has 3 aromatic heterocycles. The Labute approximate surface area is 150 Å². The number of pyridine rings is 1. The molecular weight excluding hydrogens is 334 g/mol. The summed E-state index contributed by atoms with van der Waals surface area (Å²) in [6, 6.07) is 6.52. The molecule has 1 fully saturated rings. The Morgan fingerprint density at radius 2 is 2.04 bits per heavy atom. The number of hydrogen-bond donors (Lipinski definition) is 3. The molecule has 0 aliphatic heterocycles. The van der Waals surface area contributed by atoms with Gasteiger partial charge in [0.1, 0.15) is 10.5 Å². The molecule has 25 heavy (non-hydrogen) atoms. The van der Waals surface area contributed by atoms with Crippen LogP contribution in [-0.4, -0.2) is 31.4 Å². The van der Waals surface area contributed by atoms with Gasteiger partial charge in [0, 0.05) is 18.3 Å². The molecule has 0 amide bonds. The van der Waals surface area contributed by atoms with Gasteiger partial charge in [-0.05, 0) is 62.3 Å². The average Bonchev–Trinajstić information content (AvgIpc) is 3.02. The first-order valence-electron chi connectivity index (χ1n) is 8.52. The number of rotatable bonds is 4. The van der Waals surface area contributed by atoms with E-state index in [0.717, 1.165) is 53.2 Å². The number of fused-ring (bicyclic) bond motifs is 1. The summed E-state index contributed by atoms with van der Waals surface area (Å²) in [6.45, 7) is 1.97. The van der Waals surface area contributed by atoms with Crippen molar-refractivity contribution >= 4 is 39.3 Å². The summed E-state index contributed by atoms with van der Waals surface area (Å²) >= 11 is 1.40. The third kappa shape index (κ3) is 3.69. The standard InChI is InChI=1S/C17H21N7S/c1-10-9-14(25-24-10)22-17-21-13-3-2-8-19-15(13)16(23-17)20-12-6-4-11(18)5-7-12/h2-3,8-9,11-12H,4-7,18H2,1H3,(H2,20,21,22,23)/t11-,12-. The fourth-order valence-corrected chi connectivity index (χ4v) is 3.77. The van der Waals surface area contributed by atoms with Crippen molar-refractivity contribution in [2.45, 2.75) is 44.7 Å². The Bertz CT molecular complexity index is 870. The second kappa shape index (κ2) is 6.89. The van der Waals surface area contributed by atoms with Crippen LogP contribution in [0.4, 0.5) is 16.8 Å². The third-order valence-electron chi connectivity index (χ3n) is 4.43. The van der Waals surface area contributed by atoms with Crippen molar-refractivity contribution in [2.75, 3.05) is 10.6 Å². The van der Waals surface area contributed by atoms with E-state index in [2.05, 4.69) is 30.0 Å². The van der Waals surface area contributed by atoms with Crippen LogP contribution in [0, 0.1) is 6.92 Å². The Hall–Kier alpha value is -2.32. The molecule has 3 heterocycles. The summed E-state index contributed by atoms with van der Waals surface area (Å²) in [5.41, 5.74) is 8.60. The molecular formula is C17H21N7S. The van der Waals surface area contributed by atoms with Crippen LogP contribution in [-0.2, 0) is 0 Å². The summed E-state index contributed by atoms with van der Waals surface area (Å²) < 4.78 is 4.28. The van der Waals surface area contributed by atoms with Gasteiger partial charge in [-0.15, -0.1) is 0 Å². The van der Waals surface area contributed by atoms with E-state index in [1.54, 1.807) is 6.20 Å². The molecule has 1 saturated carbocycles. The van der Waals surface area contributed by atoms with Crippen molar-refractivity contribution in [1.82, 2.24) is 19.3 Å². The van der Waals surface area contributed by atoms with E-state index in [1.165, 1.54) is 11.5 Å². The smallest absolute Gasteiger partial charge is 0.230 e. The summed E-state index contributed by atoms with van der Waals surface area (Å²) in [5, 5.41) is 7.73. The number of nitrogens with two attached hydrogens (primary N) is 1. The van der Waals surface area contributed by atoms with Crippen molar-refractivity contribution in [2.24, 2.45) is 5.73 Å². The Kier molecular flexibility index (Phi) is 4.46. The number of aryl methyl sites for hydroxylation is 1. The third-order valence-corrected chi connectivity index (χ3v) is 5.23. The predicted octanol–water partition coefficient (Wildman–Crippen LogP) is 3.22. The topological polar surface area (TPSA) is 102 Å². The van der Waals surface area contributed by atoms with Crippen molar-refractivity contribution in [3.05, 3.63) is 30.1 Å². The SMILES string of the molecule is Cc1cc(Nc2nc(N[C@H]3CC[C@H](N)CC3)c3ncccc3n2)sn1. The number of hydrogen-bond acceptors (Lipinski definition) is 8. The zero-order chi connectivity index (χ0) is 17.2. The van der Waals surface area contributed by atoms with Gasteiger partial charge in [-0.25, -0.2) is 4.98 Å². The second-order valence-electron chi connectivity index (χ2n) is 6.48. The van der Waals surface area contributed by atoms with E-state index in [1.807, 2.05) is 25.1 Å². The van der Waals surface area contributed by atoms with Gasteiger partial charge in [0.05, 0.1) is 11.2 Å². The molecule has 0 atom stereocenters. The molecule has 0 spiro atoms. The Balaban J connectivity index is 1.64. The van der Waals surface area contributed by atoms with E-state index >= 15 is 0 Å². The van der Waals surface area contributed by atoms with Gasteiger partial charge in [-0.3, -0.25) is 4.98 Å². The van der Waals surface area contributed by atoms with Crippen LogP contribution in [0.1, 0.15) is 31.4 Å². The van der Waals surface area contributed by atoms with Gasteiger partial charge in [0.15, 0.2) is 5.82 Å². The van der Waals surface area contributed by atoms with Crippen LogP contribution in [0.3, 0.4) is 0 Å². The molecule has 4 N–H and O–H groups in total. The molecule has 8 heteroatoms. The minimum absolute atomic E-state index is 0.324. The van der Waals surface area contributed by atoms with Crippen LogP contribution in [0.15, 0.2) is 24.4 Å². The molecule has 4 rings (SSSR count). The molecule has 0 radical (unpaired) electrons. The molecule has 1 aliphatic carbocycles. The largest absolute Gasteiger partial charge is 0.365 e. The summed E-state index contributed by atoms with van der Waals surface area (Å²) in [6.07, 6.45) is 5.96. The van der Waals surface area contributed by atoms with Crippen LogP contribution in [0.5, 0.6) is 0 Å². The van der Waals surface area contributed by atoms with Crippen molar-refractivity contribution in [1.29, 1.82) is 0 Å². The quantitative estimate of drug-likeness (QED) is 0.660.